The second-order valence-corrected chi connectivity index (χ2v) is 21.3. The Morgan fingerprint density at radius 1 is 0.288 bits per heavy atom. The number of carbonyl (C=O) groups is 3. The predicted molar refractivity (Wildman–Crippen MR) is 316 cm³/mol. The molecule has 0 aromatic rings. The average Bonchev–Trinajstić information content (AvgIpc) is 3.39. The van der Waals surface area contributed by atoms with Crippen LogP contribution in [0.3, 0.4) is 0 Å². The highest BCUT2D eigenvalue weighted by molar-refractivity contribution is 5.71. The molecule has 1 atom stereocenters. The summed E-state index contributed by atoms with van der Waals surface area (Å²) in [5.41, 5.74) is 0. The van der Waals surface area contributed by atoms with Crippen molar-refractivity contribution in [3.8, 4) is 0 Å². The third-order valence-corrected chi connectivity index (χ3v) is 14.0. The van der Waals surface area contributed by atoms with Crippen LogP contribution >= 0.6 is 0 Å². The standard InChI is InChI=1S/C67H120O6/c1-4-7-10-13-16-19-22-24-25-26-27-28-29-30-31-32-33-34-35-36-37-38-39-40-41-42-44-45-48-51-54-57-60-66(69)72-63-64(62-71-65(68)59-56-53-50-47-21-18-15-12-9-6-3)73-67(70)61-58-55-52-49-46-43-23-20-17-14-11-8-5-2/h8,11-12,15,17,20,43,46,52,55,64H,4-7,9-10,13-14,16,18-19,21-42,44-45,47-51,53-54,56-63H2,1-3H3/b11-8-,15-12-,20-17-,46-43-,55-52-. The quantitative estimate of drug-likeness (QED) is 0.0261. The van der Waals surface area contributed by atoms with Gasteiger partial charge in [-0.3, -0.25) is 14.4 Å². The molecule has 0 aliphatic carbocycles. The second kappa shape index (κ2) is 61.7. The summed E-state index contributed by atoms with van der Waals surface area (Å²) in [7, 11) is 0. The van der Waals surface area contributed by atoms with Gasteiger partial charge >= 0.3 is 17.9 Å². The van der Waals surface area contributed by atoms with Crippen LogP contribution in [0, 0.1) is 0 Å². The number of unbranched alkanes of at least 4 members (excludes halogenated alkanes) is 37. The minimum atomic E-state index is -0.813. The van der Waals surface area contributed by atoms with E-state index in [2.05, 4.69) is 75.5 Å². The summed E-state index contributed by atoms with van der Waals surface area (Å²) in [5, 5.41) is 0. The maximum atomic E-state index is 12.8. The van der Waals surface area contributed by atoms with Crippen LogP contribution in [0.2, 0.25) is 0 Å². The van der Waals surface area contributed by atoms with E-state index in [0.717, 1.165) is 83.5 Å². The Hall–Kier alpha value is -2.89. The monoisotopic (exact) mass is 1020 g/mol. The number of carbonyl (C=O) groups excluding carboxylic acids is 3. The van der Waals surface area contributed by atoms with Gasteiger partial charge in [-0.15, -0.1) is 0 Å². The molecule has 0 heterocycles. The fourth-order valence-corrected chi connectivity index (χ4v) is 9.29. The van der Waals surface area contributed by atoms with Crippen molar-refractivity contribution in [2.75, 3.05) is 13.2 Å². The Morgan fingerprint density at radius 3 is 0.945 bits per heavy atom. The molecule has 0 amide bonds. The molecular formula is C67H120O6. The van der Waals surface area contributed by atoms with E-state index in [9.17, 15) is 14.4 Å². The average molecular weight is 1020 g/mol. The van der Waals surface area contributed by atoms with Crippen molar-refractivity contribution in [1.29, 1.82) is 0 Å². The largest absolute Gasteiger partial charge is 0.462 e. The minimum Gasteiger partial charge on any atom is -0.462 e. The van der Waals surface area contributed by atoms with Crippen LogP contribution in [0.4, 0.5) is 0 Å². The summed E-state index contributed by atoms with van der Waals surface area (Å²) < 4.78 is 16.7. The molecule has 0 saturated carbocycles. The third-order valence-electron chi connectivity index (χ3n) is 14.0. The lowest BCUT2D eigenvalue weighted by Crippen LogP contribution is -2.30. The van der Waals surface area contributed by atoms with E-state index in [0.29, 0.717) is 19.3 Å². The lowest BCUT2D eigenvalue weighted by atomic mass is 10.0. The first-order valence-corrected chi connectivity index (χ1v) is 31.8. The van der Waals surface area contributed by atoms with Gasteiger partial charge in [-0.05, 0) is 64.2 Å². The summed E-state index contributed by atoms with van der Waals surface area (Å²) in [6.45, 7) is 6.43. The first kappa shape index (κ1) is 70.1. The zero-order chi connectivity index (χ0) is 52.9. The van der Waals surface area contributed by atoms with E-state index < -0.39 is 6.10 Å². The zero-order valence-corrected chi connectivity index (χ0v) is 48.7. The van der Waals surface area contributed by atoms with Gasteiger partial charge in [0.05, 0.1) is 0 Å². The molecule has 0 aliphatic rings. The molecule has 0 radical (unpaired) electrons. The topological polar surface area (TPSA) is 78.9 Å². The summed E-state index contributed by atoms with van der Waals surface area (Å²) in [6.07, 6.45) is 78.6. The fraction of sp³-hybridized carbons (Fsp3) is 0.806. The van der Waals surface area contributed by atoms with Crippen molar-refractivity contribution < 1.29 is 28.6 Å². The lowest BCUT2D eigenvalue weighted by molar-refractivity contribution is -0.166. The van der Waals surface area contributed by atoms with E-state index in [-0.39, 0.29) is 37.5 Å². The smallest absolute Gasteiger partial charge is 0.306 e. The zero-order valence-electron chi connectivity index (χ0n) is 48.7. The molecule has 0 aliphatic heterocycles. The molecular weight excluding hydrogens is 901 g/mol. The summed E-state index contributed by atoms with van der Waals surface area (Å²) in [5.74, 6) is -0.986. The van der Waals surface area contributed by atoms with Crippen LogP contribution in [0.1, 0.15) is 329 Å². The van der Waals surface area contributed by atoms with E-state index >= 15 is 0 Å². The third kappa shape index (κ3) is 59.9. The van der Waals surface area contributed by atoms with Gasteiger partial charge in [-0.2, -0.15) is 0 Å². The highest BCUT2D eigenvalue weighted by Gasteiger charge is 2.19. The van der Waals surface area contributed by atoms with E-state index in [1.165, 1.54) is 199 Å². The first-order valence-electron chi connectivity index (χ1n) is 31.8. The van der Waals surface area contributed by atoms with Gasteiger partial charge in [0.15, 0.2) is 6.10 Å². The van der Waals surface area contributed by atoms with Crippen LogP contribution in [0.15, 0.2) is 60.8 Å². The minimum absolute atomic E-state index is 0.103. The van der Waals surface area contributed by atoms with Crippen LogP contribution in [-0.2, 0) is 28.6 Å². The fourth-order valence-electron chi connectivity index (χ4n) is 9.29. The molecule has 6 heteroatoms. The summed E-state index contributed by atoms with van der Waals surface area (Å²) >= 11 is 0. The Bertz CT molecular complexity index is 1310. The van der Waals surface area contributed by atoms with Crippen molar-refractivity contribution in [1.82, 2.24) is 0 Å². The number of allylic oxidation sites excluding steroid dienone is 10. The van der Waals surface area contributed by atoms with Gasteiger partial charge in [0.2, 0.25) is 0 Å². The first-order chi connectivity index (χ1) is 36.0. The Kier molecular flexibility index (Phi) is 59.2. The lowest BCUT2D eigenvalue weighted by Gasteiger charge is -2.18. The number of rotatable bonds is 58. The van der Waals surface area contributed by atoms with Gasteiger partial charge in [-0.25, -0.2) is 0 Å². The molecule has 0 fully saturated rings. The molecule has 424 valence electrons. The molecule has 6 nitrogen and oxygen atoms in total. The molecule has 0 aromatic heterocycles. The van der Waals surface area contributed by atoms with Crippen molar-refractivity contribution in [3.05, 3.63) is 60.8 Å². The second-order valence-electron chi connectivity index (χ2n) is 21.3. The number of hydrogen-bond donors (Lipinski definition) is 0. The number of hydrogen-bond acceptors (Lipinski definition) is 6. The van der Waals surface area contributed by atoms with Crippen molar-refractivity contribution in [2.24, 2.45) is 0 Å². The van der Waals surface area contributed by atoms with Crippen molar-refractivity contribution in [2.45, 2.75) is 335 Å². The summed E-state index contributed by atoms with van der Waals surface area (Å²) in [4.78, 5) is 38.0. The van der Waals surface area contributed by atoms with Gasteiger partial charge < -0.3 is 14.2 Å². The van der Waals surface area contributed by atoms with Gasteiger partial charge in [0.1, 0.15) is 13.2 Å². The van der Waals surface area contributed by atoms with Crippen LogP contribution in [0.25, 0.3) is 0 Å². The van der Waals surface area contributed by atoms with Crippen LogP contribution in [0.5, 0.6) is 0 Å². The predicted octanol–water partition coefficient (Wildman–Crippen LogP) is 21.6. The van der Waals surface area contributed by atoms with Crippen LogP contribution in [-0.4, -0.2) is 37.2 Å². The Balaban J connectivity index is 4.05. The molecule has 1 unspecified atom stereocenters. The maximum Gasteiger partial charge on any atom is 0.306 e. The molecule has 73 heavy (non-hydrogen) atoms. The van der Waals surface area contributed by atoms with E-state index in [1.807, 2.05) is 6.08 Å². The Morgan fingerprint density at radius 2 is 0.589 bits per heavy atom. The molecule has 0 saturated heterocycles. The molecule has 0 spiro atoms. The SMILES string of the molecule is CC/C=C\C/C=C\C/C=C\C/C=C\CCC(=O)OC(COC(=O)CCCCCCC/C=C\CCC)COC(=O)CCCCCCCCCCCCCCCCCCCCCCCCCCCCCCCCCC. The highest BCUT2D eigenvalue weighted by Crippen LogP contribution is 2.18. The normalized spacial score (nSPS) is 12.4. The maximum absolute atomic E-state index is 12.8. The van der Waals surface area contributed by atoms with E-state index in [4.69, 9.17) is 14.2 Å². The molecule has 0 N–H and O–H groups in total. The number of esters is 3. The van der Waals surface area contributed by atoms with Crippen molar-refractivity contribution in [3.63, 3.8) is 0 Å². The highest BCUT2D eigenvalue weighted by atomic mass is 16.6. The molecule has 0 bridgehead atoms. The number of ether oxygens (including phenoxy) is 3. The van der Waals surface area contributed by atoms with Gasteiger partial charge in [0, 0.05) is 19.3 Å². The molecule has 0 aromatic carbocycles. The van der Waals surface area contributed by atoms with Gasteiger partial charge in [-0.1, -0.05) is 306 Å². The summed E-state index contributed by atoms with van der Waals surface area (Å²) in [6, 6.07) is 0. The van der Waals surface area contributed by atoms with Crippen molar-refractivity contribution >= 4 is 17.9 Å². The molecule has 0 rings (SSSR count). The van der Waals surface area contributed by atoms with Crippen LogP contribution < -0.4 is 0 Å². The Labute approximate surface area is 453 Å². The van der Waals surface area contributed by atoms with Gasteiger partial charge in [0.25, 0.3) is 0 Å². The van der Waals surface area contributed by atoms with E-state index in [1.54, 1.807) is 0 Å².